The molecule has 0 aromatic heterocycles. The molecule has 1 unspecified atom stereocenters. The first-order chi connectivity index (χ1) is 7.95. The van der Waals surface area contributed by atoms with Crippen LogP contribution < -0.4 is 5.32 Å². The molecule has 0 saturated carbocycles. The average Bonchev–Trinajstić information content (AvgIpc) is 2.30. The number of methoxy groups -OCH3 is 1. The van der Waals surface area contributed by atoms with E-state index >= 15 is 0 Å². The molecule has 1 aromatic carbocycles. The van der Waals surface area contributed by atoms with Crippen LogP contribution in [0.1, 0.15) is 6.92 Å². The van der Waals surface area contributed by atoms with Crippen molar-refractivity contribution in [3.8, 4) is 0 Å². The molecule has 0 aliphatic heterocycles. The smallest absolute Gasteiger partial charge is 0.310 e. The Labute approximate surface area is 106 Å². The maximum Gasteiger partial charge on any atom is 0.310 e. The van der Waals surface area contributed by atoms with Crippen LogP contribution in [0.4, 0.5) is 14.5 Å². The molecule has 0 aliphatic carbocycles. The largest absolute Gasteiger partial charge is 0.469 e. The minimum absolute atomic E-state index is 0.0152. The molecule has 0 fully saturated rings. The summed E-state index contributed by atoms with van der Waals surface area (Å²) in [6, 6.07) is 2.06. The van der Waals surface area contributed by atoms with E-state index in [2.05, 4.69) is 26.0 Å². The van der Waals surface area contributed by atoms with Crippen LogP contribution >= 0.6 is 15.9 Å². The SMILES string of the molecule is COC(=O)C(C)CNc1cc(F)c(Br)cc1F. The zero-order valence-corrected chi connectivity index (χ0v) is 11.0. The van der Waals surface area contributed by atoms with Gasteiger partial charge in [0, 0.05) is 12.6 Å². The highest BCUT2D eigenvalue weighted by atomic mass is 79.9. The summed E-state index contributed by atoms with van der Waals surface area (Å²) in [6.07, 6.45) is 0. The molecule has 1 N–H and O–H groups in total. The van der Waals surface area contributed by atoms with E-state index in [1.807, 2.05) is 0 Å². The molecule has 0 heterocycles. The summed E-state index contributed by atoms with van der Waals surface area (Å²) in [7, 11) is 1.28. The topological polar surface area (TPSA) is 38.3 Å². The standard InChI is InChI=1S/C11H12BrF2NO2/c1-6(11(16)17-2)5-15-10-4-8(13)7(12)3-9(10)14/h3-4,6,15H,5H2,1-2H3. The van der Waals surface area contributed by atoms with E-state index in [-0.39, 0.29) is 16.7 Å². The van der Waals surface area contributed by atoms with Gasteiger partial charge in [-0.15, -0.1) is 0 Å². The lowest BCUT2D eigenvalue weighted by atomic mass is 10.2. The third kappa shape index (κ3) is 3.66. The normalized spacial score (nSPS) is 12.1. The summed E-state index contributed by atoms with van der Waals surface area (Å²) in [6.45, 7) is 1.80. The van der Waals surface area contributed by atoms with Gasteiger partial charge in [0.25, 0.3) is 0 Å². The fourth-order valence-corrected chi connectivity index (χ4v) is 1.52. The maximum absolute atomic E-state index is 13.4. The second-order valence-corrected chi connectivity index (χ2v) is 4.41. The van der Waals surface area contributed by atoms with Gasteiger partial charge in [0.2, 0.25) is 0 Å². The monoisotopic (exact) mass is 307 g/mol. The highest BCUT2D eigenvalue weighted by Gasteiger charge is 2.14. The quantitative estimate of drug-likeness (QED) is 0.686. The summed E-state index contributed by atoms with van der Waals surface area (Å²) in [5, 5.41) is 2.66. The van der Waals surface area contributed by atoms with E-state index in [1.165, 1.54) is 7.11 Å². The van der Waals surface area contributed by atoms with Crippen LogP contribution in [-0.4, -0.2) is 19.6 Å². The van der Waals surface area contributed by atoms with E-state index in [1.54, 1.807) is 6.92 Å². The predicted molar refractivity (Wildman–Crippen MR) is 63.7 cm³/mol. The molecular formula is C11H12BrF2NO2. The van der Waals surface area contributed by atoms with Crippen molar-refractivity contribution in [3.05, 3.63) is 28.2 Å². The van der Waals surface area contributed by atoms with Gasteiger partial charge >= 0.3 is 5.97 Å². The molecule has 6 heteroatoms. The van der Waals surface area contributed by atoms with Crippen molar-refractivity contribution >= 4 is 27.6 Å². The van der Waals surface area contributed by atoms with Crippen LogP contribution in [-0.2, 0) is 9.53 Å². The number of nitrogens with one attached hydrogen (secondary N) is 1. The molecule has 0 aliphatic rings. The van der Waals surface area contributed by atoms with Crippen LogP contribution in [0.3, 0.4) is 0 Å². The van der Waals surface area contributed by atoms with Gasteiger partial charge in [-0.1, -0.05) is 6.92 Å². The zero-order chi connectivity index (χ0) is 13.0. The Morgan fingerprint density at radius 3 is 2.71 bits per heavy atom. The van der Waals surface area contributed by atoms with E-state index in [0.29, 0.717) is 0 Å². The van der Waals surface area contributed by atoms with Gasteiger partial charge in [0.05, 0.1) is 23.2 Å². The van der Waals surface area contributed by atoms with E-state index in [9.17, 15) is 13.6 Å². The first-order valence-corrected chi connectivity index (χ1v) is 5.71. The molecule has 1 atom stereocenters. The Kier molecular flexibility index (Phi) is 4.86. The lowest BCUT2D eigenvalue weighted by Gasteiger charge is -2.12. The summed E-state index contributed by atoms with van der Waals surface area (Å²) in [4.78, 5) is 11.1. The zero-order valence-electron chi connectivity index (χ0n) is 9.39. The number of halogens is 3. The number of carbonyl (C=O) groups excluding carboxylic acids is 1. The van der Waals surface area contributed by atoms with Crippen molar-refractivity contribution in [2.75, 3.05) is 19.0 Å². The van der Waals surface area contributed by atoms with E-state index in [0.717, 1.165) is 12.1 Å². The number of ether oxygens (including phenoxy) is 1. The number of hydrogen-bond donors (Lipinski definition) is 1. The fraction of sp³-hybridized carbons (Fsp3) is 0.364. The van der Waals surface area contributed by atoms with Gasteiger partial charge in [-0.2, -0.15) is 0 Å². The Bertz CT molecular complexity index is 426. The highest BCUT2D eigenvalue weighted by Crippen LogP contribution is 2.23. The molecular weight excluding hydrogens is 296 g/mol. The maximum atomic E-state index is 13.4. The van der Waals surface area contributed by atoms with E-state index < -0.39 is 23.5 Å². The second-order valence-electron chi connectivity index (χ2n) is 3.55. The molecule has 0 saturated heterocycles. The molecule has 94 valence electrons. The predicted octanol–water partition coefficient (Wildman–Crippen LogP) is 2.95. The molecule has 0 radical (unpaired) electrons. The Balaban J connectivity index is 2.70. The molecule has 3 nitrogen and oxygen atoms in total. The van der Waals surface area contributed by atoms with Crippen molar-refractivity contribution in [1.29, 1.82) is 0 Å². The summed E-state index contributed by atoms with van der Waals surface area (Å²) in [5.41, 5.74) is 0.0152. The molecule has 0 spiro atoms. The van der Waals surface area contributed by atoms with Gasteiger partial charge < -0.3 is 10.1 Å². The number of anilines is 1. The van der Waals surface area contributed by atoms with Crippen LogP contribution in [0.2, 0.25) is 0 Å². The van der Waals surface area contributed by atoms with Crippen molar-refractivity contribution in [3.63, 3.8) is 0 Å². The van der Waals surface area contributed by atoms with E-state index in [4.69, 9.17) is 0 Å². The van der Waals surface area contributed by atoms with Crippen LogP contribution in [0.15, 0.2) is 16.6 Å². The van der Waals surface area contributed by atoms with Gasteiger partial charge in [0.1, 0.15) is 11.6 Å². The number of carbonyl (C=O) groups is 1. The molecule has 0 bridgehead atoms. The average molecular weight is 308 g/mol. The molecule has 1 aromatic rings. The van der Waals surface area contributed by atoms with Gasteiger partial charge in [0.15, 0.2) is 0 Å². The van der Waals surface area contributed by atoms with Crippen molar-refractivity contribution in [1.82, 2.24) is 0 Å². The first kappa shape index (κ1) is 13.9. The third-order valence-corrected chi connectivity index (χ3v) is 2.82. The van der Waals surface area contributed by atoms with Crippen LogP contribution in [0.5, 0.6) is 0 Å². The summed E-state index contributed by atoms with van der Waals surface area (Å²) in [5.74, 6) is -2.00. The Hall–Kier alpha value is -1.17. The molecule has 1 rings (SSSR count). The third-order valence-electron chi connectivity index (χ3n) is 2.21. The fourth-order valence-electron chi connectivity index (χ4n) is 1.21. The van der Waals surface area contributed by atoms with Crippen molar-refractivity contribution in [2.24, 2.45) is 5.92 Å². The molecule has 0 amide bonds. The number of hydrogen-bond acceptors (Lipinski definition) is 3. The lowest BCUT2D eigenvalue weighted by Crippen LogP contribution is -2.21. The minimum atomic E-state index is -0.588. The first-order valence-electron chi connectivity index (χ1n) is 4.92. The van der Waals surface area contributed by atoms with Gasteiger partial charge in [-0.05, 0) is 22.0 Å². The van der Waals surface area contributed by atoms with Crippen LogP contribution in [0.25, 0.3) is 0 Å². The van der Waals surface area contributed by atoms with Gasteiger partial charge in [-0.3, -0.25) is 4.79 Å². The van der Waals surface area contributed by atoms with Crippen LogP contribution in [0, 0.1) is 17.6 Å². The Morgan fingerprint density at radius 2 is 2.12 bits per heavy atom. The molecule has 17 heavy (non-hydrogen) atoms. The van der Waals surface area contributed by atoms with Gasteiger partial charge in [-0.25, -0.2) is 8.78 Å². The lowest BCUT2D eigenvalue weighted by molar-refractivity contribution is -0.144. The van der Waals surface area contributed by atoms with Crippen molar-refractivity contribution in [2.45, 2.75) is 6.92 Å². The number of rotatable bonds is 4. The summed E-state index contributed by atoms with van der Waals surface area (Å²) < 4.78 is 31.1. The van der Waals surface area contributed by atoms with Crippen molar-refractivity contribution < 1.29 is 18.3 Å². The number of esters is 1. The number of benzene rings is 1. The second kappa shape index (κ2) is 5.95. The minimum Gasteiger partial charge on any atom is -0.469 e. The summed E-state index contributed by atoms with van der Waals surface area (Å²) >= 11 is 2.88. The highest BCUT2D eigenvalue weighted by molar-refractivity contribution is 9.10. The Morgan fingerprint density at radius 1 is 1.47 bits per heavy atom.